The smallest absolute Gasteiger partial charge is 0.266 e. The number of nitrogens with zero attached hydrogens (tertiary/aromatic N) is 3. The Labute approximate surface area is 149 Å². The molecule has 1 N–H and O–H groups in total. The van der Waals surface area contributed by atoms with Gasteiger partial charge in [-0.3, -0.25) is 9.59 Å². The molecule has 7 heteroatoms. The molecule has 1 atom stereocenters. The van der Waals surface area contributed by atoms with Gasteiger partial charge in [-0.15, -0.1) is 0 Å². The van der Waals surface area contributed by atoms with Crippen LogP contribution < -0.4 is 10.9 Å². The van der Waals surface area contributed by atoms with Crippen LogP contribution in [0.4, 0.5) is 5.69 Å². The van der Waals surface area contributed by atoms with Crippen LogP contribution in [0.3, 0.4) is 0 Å². The Bertz CT molecular complexity index is 1020. The maximum atomic E-state index is 12.4. The van der Waals surface area contributed by atoms with Crippen molar-refractivity contribution in [1.29, 1.82) is 5.26 Å². The zero-order valence-electron chi connectivity index (χ0n) is 14.0. The Morgan fingerprint density at radius 1 is 1.27 bits per heavy atom. The Morgan fingerprint density at radius 2 is 2.08 bits per heavy atom. The fraction of sp³-hybridized carbons (Fsp3) is 0.158. The predicted molar refractivity (Wildman–Crippen MR) is 95.1 cm³/mol. The van der Waals surface area contributed by atoms with Gasteiger partial charge in [0, 0.05) is 6.07 Å². The summed E-state index contributed by atoms with van der Waals surface area (Å²) in [4.78, 5) is 24.5. The van der Waals surface area contributed by atoms with Crippen LogP contribution in [0.5, 0.6) is 0 Å². The molecule has 0 aliphatic heterocycles. The van der Waals surface area contributed by atoms with Crippen molar-refractivity contribution < 1.29 is 9.21 Å². The second-order valence-electron chi connectivity index (χ2n) is 5.76. The summed E-state index contributed by atoms with van der Waals surface area (Å²) in [6.07, 6.45) is 1.52. The van der Waals surface area contributed by atoms with E-state index < -0.39 is 5.92 Å². The molecule has 1 amide bonds. The van der Waals surface area contributed by atoms with Gasteiger partial charge in [0.15, 0.2) is 5.76 Å². The zero-order valence-corrected chi connectivity index (χ0v) is 14.0. The molecule has 0 spiro atoms. The van der Waals surface area contributed by atoms with Crippen molar-refractivity contribution in [2.24, 2.45) is 5.92 Å². The first-order chi connectivity index (χ1) is 12.6. The van der Waals surface area contributed by atoms with E-state index >= 15 is 0 Å². The molecule has 2 heterocycles. The number of furan rings is 1. The number of hydrogen-bond acceptors (Lipinski definition) is 5. The van der Waals surface area contributed by atoms with E-state index in [4.69, 9.17) is 9.68 Å². The first-order valence-corrected chi connectivity index (χ1v) is 8.00. The van der Waals surface area contributed by atoms with E-state index in [9.17, 15) is 9.59 Å². The van der Waals surface area contributed by atoms with Gasteiger partial charge in [0.05, 0.1) is 30.0 Å². The van der Waals surface area contributed by atoms with Crippen LogP contribution in [0.25, 0.3) is 11.5 Å². The lowest BCUT2D eigenvalue weighted by Gasteiger charge is -2.14. The number of amides is 1. The zero-order chi connectivity index (χ0) is 18.5. The van der Waals surface area contributed by atoms with Crippen molar-refractivity contribution in [3.63, 3.8) is 0 Å². The van der Waals surface area contributed by atoms with E-state index in [0.717, 1.165) is 0 Å². The molecule has 0 saturated carbocycles. The quantitative estimate of drug-likeness (QED) is 0.764. The third kappa shape index (κ3) is 3.70. The minimum absolute atomic E-state index is 0.105. The summed E-state index contributed by atoms with van der Waals surface area (Å²) in [6, 6.07) is 15.2. The number of benzene rings is 1. The molecule has 2 aromatic heterocycles. The molecule has 0 saturated heterocycles. The summed E-state index contributed by atoms with van der Waals surface area (Å²) in [6.45, 7) is 1.80. The summed E-state index contributed by atoms with van der Waals surface area (Å²) in [7, 11) is 0. The molecule has 3 rings (SSSR count). The second-order valence-corrected chi connectivity index (χ2v) is 5.76. The first-order valence-electron chi connectivity index (χ1n) is 8.00. The van der Waals surface area contributed by atoms with Crippen molar-refractivity contribution in [1.82, 2.24) is 9.78 Å². The third-order valence-corrected chi connectivity index (χ3v) is 3.84. The highest BCUT2D eigenvalue weighted by Crippen LogP contribution is 2.17. The number of rotatable bonds is 5. The van der Waals surface area contributed by atoms with E-state index in [1.165, 1.54) is 17.0 Å². The van der Waals surface area contributed by atoms with Crippen LogP contribution >= 0.6 is 0 Å². The molecule has 3 aromatic rings. The minimum atomic E-state index is -0.529. The first kappa shape index (κ1) is 17.2. The van der Waals surface area contributed by atoms with Crippen LogP contribution in [-0.4, -0.2) is 15.7 Å². The Kier molecular flexibility index (Phi) is 4.94. The molecule has 26 heavy (non-hydrogen) atoms. The van der Waals surface area contributed by atoms with Gasteiger partial charge < -0.3 is 9.73 Å². The van der Waals surface area contributed by atoms with Gasteiger partial charge in [0.2, 0.25) is 5.91 Å². The lowest BCUT2D eigenvalue weighted by Crippen LogP contribution is -2.31. The van der Waals surface area contributed by atoms with Gasteiger partial charge in [0.1, 0.15) is 11.8 Å². The number of carbonyl (C=O) groups is 1. The van der Waals surface area contributed by atoms with Crippen LogP contribution in [0.15, 0.2) is 64.0 Å². The highest BCUT2D eigenvalue weighted by molar-refractivity contribution is 5.93. The van der Waals surface area contributed by atoms with Crippen molar-refractivity contribution in [3.8, 4) is 17.5 Å². The van der Waals surface area contributed by atoms with Crippen molar-refractivity contribution in [2.45, 2.75) is 13.5 Å². The molecule has 1 aromatic carbocycles. The van der Waals surface area contributed by atoms with E-state index in [0.29, 0.717) is 22.7 Å². The number of nitriles is 1. The molecule has 0 fully saturated rings. The number of hydrogen-bond donors (Lipinski definition) is 1. The standard InChI is InChI=1S/C19H16N4O3/c1-13(19(25)21-15-6-3-2-5-14(15)11-20)12-23-18(24)9-8-16(22-23)17-7-4-10-26-17/h2-10,13H,12H2,1H3,(H,21,25)/t13-/m0/s1. The molecule has 130 valence electrons. The van der Waals surface area contributed by atoms with Gasteiger partial charge in [-0.25, -0.2) is 4.68 Å². The van der Waals surface area contributed by atoms with Crippen molar-refractivity contribution >= 4 is 11.6 Å². The average Bonchev–Trinajstić information content (AvgIpc) is 3.18. The average molecular weight is 348 g/mol. The van der Waals surface area contributed by atoms with E-state index in [-0.39, 0.29) is 18.0 Å². The summed E-state index contributed by atoms with van der Waals surface area (Å²) in [5.74, 6) is -0.289. The van der Waals surface area contributed by atoms with Crippen LogP contribution in [0.1, 0.15) is 12.5 Å². The molecule has 7 nitrogen and oxygen atoms in total. The van der Waals surface area contributed by atoms with E-state index in [2.05, 4.69) is 10.4 Å². The Morgan fingerprint density at radius 3 is 2.81 bits per heavy atom. The molecule has 0 bridgehead atoms. The van der Waals surface area contributed by atoms with Gasteiger partial charge in [0.25, 0.3) is 5.56 Å². The van der Waals surface area contributed by atoms with E-state index in [1.54, 1.807) is 49.4 Å². The van der Waals surface area contributed by atoms with Gasteiger partial charge in [-0.1, -0.05) is 19.1 Å². The number of anilines is 1. The largest absolute Gasteiger partial charge is 0.463 e. The maximum Gasteiger partial charge on any atom is 0.266 e. The lowest BCUT2D eigenvalue weighted by molar-refractivity contribution is -0.119. The Balaban J connectivity index is 1.76. The van der Waals surface area contributed by atoms with Crippen LogP contribution in [0, 0.1) is 17.2 Å². The summed E-state index contributed by atoms with van der Waals surface area (Å²) in [5.41, 5.74) is 1.02. The fourth-order valence-electron chi connectivity index (χ4n) is 2.42. The van der Waals surface area contributed by atoms with Crippen molar-refractivity contribution in [3.05, 3.63) is 70.7 Å². The highest BCUT2D eigenvalue weighted by atomic mass is 16.3. The monoisotopic (exact) mass is 348 g/mol. The molecular weight excluding hydrogens is 332 g/mol. The second kappa shape index (κ2) is 7.49. The summed E-state index contributed by atoms with van der Waals surface area (Å²) < 4.78 is 6.52. The molecule has 0 radical (unpaired) electrons. The molecule has 0 aliphatic carbocycles. The lowest BCUT2D eigenvalue weighted by atomic mass is 10.1. The molecule has 0 aliphatic rings. The Hall–Kier alpha value is -3.66. The maximum absolute atomic E-state index is 12.4. The summed E-state index contributed by atoms with van der Waals surface area (Å²) in [5, 5.41) is 16.1. The van der Waals surface area contributed by atoms with Gasteiger partial charge in [-0.05, 0) is 30.3 Å². The molecule has 0 unspecified atom stereocenters. The normalized spacial score (nSPS) is 11.5. The SMILES string of the molecule is C[C@@H](Cn1nc(-c2ccco2)ccc1=O)C(=O)Nc1ccccc1C#N. The third-order valence-electron chi connectivity index (χ3n) is 3.84. The summed E-state index contributed by atoms with van der Waals surface area (Å²) >= 11 is 0. The van der Waals surface area contributed by atoms with Crippen LogP contribution in [0.2, 0.25) is 0 Å². The fourth-order valence-corrected chi connectivity index (χ4v) is 2.42. The number of nitrogens with one attached hydrogen (secondary N) is 1. The number of aromatic nitrogens is 2. The van der Waals surface area contributed by atoms with E-state index in [1.807, 2.05) is 6.07 Å². The van der Waals surface area contributed by atoms with Crippen molar-refractivity contribution in [2.75, 3.05) is 5.32 Å². The highest BCUT2D eigenvalue weighted by Gasteiger charge is 2.17. The van der Waals surface area contributed by atoms with Gasteiger partial charge in [-0.2, -0.15) is 10.4 Å². The number of para-hydroxylation sites is 1. The van der Waals surface area contributed by atoms with Gasteiger partial charge >= 0.3 is 0 Å². The minimum Gasteiger partial charge on any atom is -0.463 e. The van der Waals surface area contributed by atoms with Crippen LogP contribution in [-0.2, 0) is 11.3 Å². The topological polar surface area (TPSA) is 101 Å². The number of carbonyl (C=O) groups excluding carboxylic acids is 1. The predicted octanol–water partition coefficient (Wildman–Crippen LogP) is 2.65. The molecular formula is C19H16N4O3.